The smallest absolute Gasteiger partial charge is 0.347 e. The van der Waals surface area contributed by atoms with E-state index in [9.17, 15) is 23.6 Å². The molecule has 248 valence electrons. The first kappa shape index (κ1) is 36.3. The quantitative estimate of drug-likeness (QED) is 0.363. The lowest BCUT2D eigenvalue weighted by Crippen LogP contribution is -2.49. The fraction of sp³-hybridized carbons (Fsp3) is 0.429. The van der Waals surface area contributed by atoms with Gasteiger partial charge in [0.05, 0.1) is 18.1 Å². The van der Waals surface area contributed by atoms with Gasteiger partial charge in [0.25, 0.3) is 0 Å². The molecule has 1 aliphatic rings. The third-order valence-corrected chi connectivity index (χ3v) is 7.73. The third kappa shape index (κ3) is 11.3. The van der Waals surface area contributed by atoms with E-state index in [1.807, 2.05) is 26.8 Å². The number of benzene rings is 2. The molecule has 2 amide bonds. The van der Waals surface area contributed by atoms with Crippen molar-refractivity contribution >= 4 is 41.4 Å². The Balaban J connectivity index is 1.90. The zero-order chi connectivity index (χ0) is 33.8. The molecule has 0 aliphatic carbocycles. The second-order valence-electron chi connectivity index (χ2n) is 11.8. The number of halogens is 2. The number of carbonyl (C=O) groups is 4. The SMILES string of the molecule is COc1ccc(C[C@H]2NC(=O)/C=C/C[C@@H]([C@H](C)/C=C/c3ccc(F)cc3)OC(=O)[C@H](CC(C)C)OC(=O)C(C)CNC2=O)cc1Cl. The first-order valence-electron chi connectivity index (χ1n) is 15.3. The molecule has 0 radical (unpaired) electrons. The van der Waals surface area contributed by atoms with Crippen LogP contribution in [0.1, 0.15) is 51.7 Å². The van der Waals surface area contributed by atoms with E-state index in [0.717, 1.165) is 5.56 Å². The summed E-state index contributed by atoms with van der Waals surface area (Å²) in [4.78, 5) is 52.7. The minimum atomic E-state index is -1.16. The Labute approximate surface area is 274 Å². The van der Waals surface area contributed by atoms with Crippen molar-refractivity contribution in [3.05, 3.63) is 82.7 Å². The number of nitrogens with one attached hydrogen (secondary N) is 2. The fourth-order valence-corrected chi connectivity index (χ4v) is 4.98. The summed E-state index contributed by atoms with van der Waals surface area (Å²) in [6.45, 7) is 7.13. The topological polar surface area (TPSA) is 120 Å². The summed E-state index contributed by atoms with van der Waals surface area (Å²) in [5.41, 5.74) is 1.44. The summed E-state index contributed by atoms with van der Waals surface area (Å²) in [7, 11) is 1.49. The van der Waals surface area contributed by atoms with Gasteiger partial charge in [0.15, 0.2) is 6.10 Å². The lowest BCUT2D eigenvalue weighted by Gasteiger charge is -2.26. The van der Waals surface area contributed by atoms with Crippen LogP contribution in [0.3, 0.4) is 0 Å². The number of methoxy groups -OCH3 is 1. The Morgan fingerprint density at radius 3 is 2.41 bits per heavy atom. The van der Waals surface area contributed by atoms with Crippen molar-refractivity contribution in [3.63, 3.8) is 0 Å². The van der Waals surface area contributed by atoms with Crippen molar-refractivity contribution in [1.82, 2.24) is 10.6 Å². The number of rotatable bonds is 8. The number of carbonyl (C=O) groups excluding carboxylic acids is 4. The van der Waals surface area contributed by atoms with E-state index in [0.29, 0.717) is 16.3 Å². The lowest BCUT2D eigenvalue weighted by atomic mass is 9.99. The van der Waals surface area contributed by atoms with Crippen LogP contribution in [-0.4, -0.2) is 55.7 Å². The maximum absolute atomic E-state index is 13.4. The van der Waals surface area contributed by atoms with Gasteiger partial charge in [0.2, 0.25) is 11.8 Å². The molecule has 9 nitrogen and oxygen atoms in total. The third-order valence-electron chi connectivity index (χ3n) is 7.43. The fourth-order valence-electron chi connectivity index (χ4n) is 4.70. The van der Waals surface area contributed by atoms with Crippen LogP contribution in [0.5, 0.6) is 5.75 Å². The van der Waals surface area contributed by atoms with E-state index < -0.39 is 47.9 Å². The molecule has 2 aromatic carbocycles. The number of amides is 2. The first-order chi connectivity index (χ1) is 21.9. The molecule has 5 atom stereocenters. The van der Waals surface area contributed by atoms with Crippen LogP contribution >= 0.6 is 11.6 Å². The van der Waals surface area contributed by atoms with Crippen LogP contribution in [0, 0.1) is 23.6 Å². The van der Waals surface area contributed by atoms with Gasteiger partial charge in [-0.25, -0.2) is 9.18 Å². The number of cyclic esters (lactones) is 2. The Kier molecular flexibility index (Phi) is 13.8. The molecule has 0 spiro atoms. The molecule has 0 saturated heterocycles. The average Bonchev–Trinajstić information content (AvgIpc) is 3.01. The minimum absolute atomic E-state index is 0.0102. The van der Waals surface area contributed by atoms with Crippen LogP contribution in [0.25, 0.3) is 6.08 Å². The predicted molar refractivity (Wildman–Crippen MR) is 173 cm³/mol. The van der Waals surface area contributed by atoms with Gasteiger partial charge in [-0.2, -0.15) is 0 Å². The highest BCUT2D eigenvalue weighted by atomic mass is 35.5. The van der Waals surface area contributed by atoms with Crippen LogP contribution in [0.2, 0.25) is 5.02 Å². The van der Waals surface area contributed by atoms with E-state index in [1.54, 1.807) is 49.4 Å². The number of hydrogen-bond acceptors (Lipinski definition) is 7. The van der Waals surface area contributed by atoms with Crippen LogP contribution < -0.4 is 15.4 Å². The van der Waals surface area contributed by atoms with Crippen molar-refractivity contribution < 1.29 is 37.8 Å². The standard InChI is InChI=1S/C35H42ClFN2O7/c1-21(2)17-31-35(43)45-29(22(3)9-10-24-11-14-26(37)15-12-24)7-6-8-32(40)39-28(33(41)38-20-23(4)34(42)46-31)19-25-13-16-30(44-5)27(36)18-25/h6,8-16,18,21-23,28-29,31H,7,17,19-20H2,1-5H3,(H,38,41)(H,39,40)/b8-6+,10-9+/t22-,23?,28-,29+,31+/m1/s1. The zero-order valence-corrected chi connectivity index (χ0v) is 27.5. The van der Waals surface area contributed by atoms with Gasteiger partial charge < -0.3 is 24.8 Å². The maximum atomic E-state index is 13.4. The van der Waals surface area contributed by atoms with E-state index in [-0.39, 0.29) is 43.5 Å². The van der Waals surface area contributed by atoms with E-state index >= 15 is 0 Å². The van der Waals surface area contributed by atoms with Crippen molar-refractivity contribution in [2.24, 2.45) is 17.8 Å². The molecule has 2 aromatic rings. The van der Waals surface area contributed by atoms with E-state index in [1.165, 1.54) is 25.3 Å². The highest BCUT2D eigenvalue weighted by Gasteiger charge is 2.31. The monoisotopic (exact) mass is 656 g/mol. The Hall–Kier alpha value is -4.18. The summed E-state index contributed by atoms with van der Waals surface area (Å²) < 4.78 is 30.1. The number of hydrogen-bond donors (Lipinski definition) is 2. The van der Waals surface area contributed by atoms with Gasteiger partial charge in [-0.3, -0.25) is 14.4 Å². The van der Waals surface area contributed by atoms with Gasteiger partial charge in [0.1, 0.15) is 23.7 Å². The van der Waals surface area contributed by atoms with Crippen molar-refractivity contribution in [1.29, 1.82) is 0 Å². The summed E-state index contributed by atoms with van der Waals surface area (Å²) in [6, 6.07) is 10.0. The molecule has 3 rings (SSSR count). The largest absolute Gasteiger partial charge is 0.495 e. The van der Waals surface area contributed by atoms with Gasteiger partial charge in [0, 0.05) is 25.3 Å². The number of esters is 2. The molecule has 1 heterocycles. The summed E-state index contributed by atoms with van der Waals surface area (Å²) >= 11 is 6.28. The average molecular weight is 657 g/mol. The van der Waals surface area contributed by atoms with E-state index in [2.05, 4.69) is 10.6 Å². The second-order valence-corrected chi connectivity index (χ2v) is 12.2. The predicted octanol–water partition coefficient (Wildman–Crippen LogP) is 5.45. The second kappa shape index (κ2) is 17.5. The Morgan fingerprint density at radius 1 is 1.04 bits per heavy atom. The molecule has 46 heavy (non-hydrogen) atoms. The molecule has 0 saturated carbocycles. The number of ether oxygens (including phenoxy) is 3. The molecule has 0 fully saturated rings. The van der Waals surface area contributed by atoms with Gasteiger partial charge in [-0.15, -0.1) is 0 Å². The summed E-state index contributed by atoms with van der Waals surface area (Å²) in [5, 5.41) is 5.79. The molecule has 1 aliphatic heterocycles. The molecule has 1 unspecified atom stereocenters. The van der Waals surface area contributed by atoms with Crippen molar-refractivity contribution in [2.45, 2.75) is 65.2 Å². The molecular weight excluding hydrogens is 615 g/mol. The molecule has 11 heteroatoms. The summed E-state index contributed by atoms with van der Waals surface area (Å²) in [5.74, 6) is -3.41. The maximum Gasteiger partial charge on any atom is 0.347 e. The highest BCUT2D eigenvalue weighted by molar-refractivity contribution is 6.32. The minimum Gasteiger partial charge on any atom is -0.495 e. The Bertz CT molecular complexity index is 1430. The van der Waals surface area contributed by atoms with Gasteiger partial charge in [-0.05, 0) is 53.8 Å². The molecule has 0 bridgehead atoms. The van der Waals surface area contributed by atoms with Crippen LogP contribution in [-0.2, 0) is 35.1 Å². The van der Waals surface area contributed by atoms with Gasteiger partial charge in [-0.1, -0.05) is 75.7 Å². The molecule has 0 aromatic heterocycles. The summed E-state index contributed by atoms with van der Waals surface area (Å²) in [6.07, 6.45) is 5.08. The molecule has 2 N–H and O–H groups in total. The molecular formula is C35H42ClFN2O7. The van der Waals surface area contributed by atoms with Crippen molar-refractivity contribution in [3.8, 4) is 5.75 Å². The first-order valence-corrected chi connectivity index (χ1v) is 15.7. The highest BCUT2D eigenvalue weighted by Crippen LogP contribution is 2.26. The Morgan fingerprint density at radius 2 is 1.76 bits per heavy atom. The van der Waals surface area contributed by atoms with Gasteiger partial charge >= 0.3 is 11.9 Å². The zero-order valence-electron chi connectivity index (χ0n) is 26.8. The van der Waals surface area contributed by atoms with E-state index in [4.69, 9.17) is 25.8 Å². The van der Waals surface area contributed by atoms with Crippen LogP contribution in [0.4, 0.5) is 4.39 Å². The normalized spacial score (nSPS) is 23.3. The lowest BCUT2D eigenvalue weighted by molar-refractivity contribution is -0.175. The van der Waals surface area contributed by atoms with Crippen molar-refractivity contribution in [2.75, 3.05) is 13.7 Å². The van der Waals surface area contributed by atoms with Crippen LogP contribution in [0.15, 0.2) is 60.7 Å².